The summed E-state index contributed by atoms with van der Waals surface area (Å²) in [4.78, 5) is 16.2. The van der Waals surface area contributed by atoms with Gasteiger partial charge in [0.15, 0.2) is 5.84 Å². The van der Waals surface area contributed by atoms with Crippen LogP contribution < -0.4 is 9.47 Å². The van der Waals surface area contributed by atoms with Crippen molar-refractivity contribution in [3.8, 4) is 11.5 Å². The summed E-state index contributed by atoms with van der Waals surface area (Å²) in [6, 6.07) is 10.7. The largest absolute Gasteiger partial charge is 0.490 e. The van der Waals surface area contributed by atoms with E-state index < -0.39 is 23.0 Å². The van der Waals surface area contributed by atoms with Crippen LogP contribution in [0.2, 0.25) is 5.02 Å². The van der Waals surface area contributed by atoms with E-state index in [-0.39, 0.29) is 35.7 Å². The Hall–Kier alpha value is -3.31. The van der Waals surface area contributed by atoms with Crippen LogP contribution in [-0.2, 0) is 11.2 Å². The number of alkyl halides is 3. The molecule has 0 unspecified atom stereocenters. The second kappa shape index (κ2) is 10.4. The Morgan fingerprint density at radius 2 is 1.92 bits per heavy atom. The van der Waals surface area contributed by atoms with E-state index in [0.29, 0.717) is 21.3 Å². The molecule has 2 aromatic rings. The summed E-state index contributed by atoms with van der Waals surface area (Å²) in [6.45, 7) is 4.46. The molecule has 2 heterocycles. The number of ether oxygens (including phenoxy) is 2. The number of amides is 1. The molecule has 12 heteroatoms. The zero-order chi connectivity index (χ0) is 26.0. The topological polar surface area (TPSA) is 87.3 Å². The highest BCUT2D eigenvalue weighted by Crippen LogP contribution is 2.36. The van der Waals surface area contributed by atoms with Gasteiger partial charge in [-0.3, -0.25) is 10.2 Å². The van der Waals surface area contributed by atoms with E-state index in [2.05, 4.69) is 23.1 Å². The van der Waals surface area contributed by atoms with Gasteiger partial charge in [-0.2, -0.15) is 28.3 Å². The van der Waals surface area contributed by atoms with E-state index in [1.165, 1.54) is 12.1 Å². The maximum atomic E-state index is 13.0. The summed E-state index contributed by atoms with van der Waals surface area (Å²) in [5.74, 6) is -0.319. The molecule has 7 nitrogen and oxygen atoms in total. The molecule has 2 aliphatic rings. The highest BCUT2D eigenvalue weighted by atomic mass is 35.5. The van der Waals surface area contributed by atoms with Gasteiger partial charge in [0.05, 0.1) is 5.57 Å². The Balaban J connectivity index is 1.51. The summed E-state index contributed by atoms with van der Waals surface area (Å²) in [6.07, 6.45) is -2.53. The lowest BCUT2D eigenvalue weighted by molar-refractivity contribution is -0.114. The fraction of sp³-hybridized carbons (Fsp3) is 0.250. The fourth-order valence-corrected chi connectivity index (χ4v) is 4.39. The van der Waals surface area contributed by atoms with Gasteiger partial charge >= 0.3 is 6.18 Å². The number of aliphatic imine (C=N–C) groups is 1. The number of amidine groups is 2. The van der Waals surface area contributed by atoms with Crippen LogP contribution in [0.5, 0.6) is 11.5 Å². The summed E-state index contributed by atoms with van der Waals surface area (Å²) >= 11 is 6.30. The van der Waals surface area contributed by atoms with E-state index in [0.717, 1.165) is 23.3 Å². The zero-order valence-electron chi connectivity index (χ0n) is 19.1. The van der Waals surface area contributed by atoms with Crippen molar-refractivity contribution in [2.75, 3.05) is 13.2 Å². The fourth-order valence-electron chi connectivity index (χ4n) is 3.45. The minimum absolute atomic E-state index is 0.170. The Labute approximate surface area is 214 Å². The van der Waals surface area contributed by atoms with Crippen LogP contribution in [0, 0.1) is 12.3 Å². The maximum Gasteiger partial charge on any atom is 0.441 e. The first-order valence-electron chi connectivity index (χ1n) is 10.8. The smallest absolute Gasteiger partial charge is 0.441 e. The molecular weight excluding hydrogens is 517 g/mol. The van der Waals surface area contributed by atoms with E-state index in [1.54, 1.807) is 12.1 Å². The van der Waals surface area contributed by atoms with Crippen molar-refractivity contribution in [1.29, 1.82) is 5.41 Å². The highest BCUT2D eigenvalue weighted by Gasteiger charge is 2.46. The number of aryl methyl sites for hydroxylation is 2. The molecule has 0 spiro atoms. The van der Waals surface area contributed by atoms with Crippen LogP contribution >= 0.6 is 23.4 Å². The molecule has 0 aromatic heterocycles. The van der Waals surface area contributed by atoms with Gasteiger partial charge in [-0.15, -0.1) is 0 Å². The molecular formula is C24H20ClF3N4O3S. The molecule has 4 rings (SSSR count). The second-order valence-electron chi connectivity index (χ2n) is 7.81. The summed E-state index contributed by atoms with van der Waals surface area (Å²) in [7, 11) is 0. The maximum absolute atomic E-state index is 13.0. The average Bonchev–Trinajstić information content (AvgIpc) is 3.25. The predicted molar refractivity (Wildman–Crippen MR) is 134 cm³/mol. The van der Waals surface area contributed by atoms with Crippen LogP contribution in [0.3, 0.4) is 0 Å². The zero-order valence-corrected chi connectivity index (χ0v) is 20.7. The van der Waals surface area contributed by atoms with Crippen LogP contribution in [0.25, 0.3) is 6.08 Å². The Morgan fingerprint density at radius 3 is 2.64 bits per heavy atom. The standard InChI is InChI=1S/C24H20ClF3N4O3S/c1-3-14-8-13(2)9-17(10-14)34-6-7-35-19-5-4-16(25)11-15(19)12-18-20(29)32-23(30-21(18)33)36-22(31-32)24(26,27)28/h4-5,8-12,29H,3,6-7H2,1-2H3/b18-12+,29-20?. The number of rotatable bonds is 7. The molecule has 0 bridgehead atoms. The second-order valence-corrected chi connectivity index (χ2v) is 9.20. The summed E-state index contributed by atoms with van der Waals surface area (Å²) in [5.41, 5.74) is 2.35. The number of carbonyl (C=O) groups excluding carboxylic acids is 1. The van der Waals surface area contributed by atoms with Crippen molar-refractivity contribution >= 4 is 51.4 Å². The molecule has 1 N–H and O–H groups in total. The first-order valence-corrected chi connectivity index (χ1v) is 12.0. The summed E-state index contributed by atoms with van der Waals surface area (Å²) < 4.78 is 50.7. The highest BCUT2D eigenvalue weighted by molar-refractivity contribution is 8.27. The van der Waals surface area contributed by atoms with Gasteiger partial charge < -0.3 is 9.47 Å². The number of thioether (sulfide) groups is 1. The van der Waals surface area contributed by atoms with Crippen molar-refractivity contribution in [1.82, 2.24) is 5.01 Å². The molecule has 0 atom stereocenters. The number of hydrogen-bond donors (Lipinski definition) is 1. The Morgan fingerprint density at radius 1 is 1.17 bits per heavy atom. The first-order chi connectivity index (χ1) is 17.0. The van der Waals surface area contributed by atoms with Crippen LogP contribution in [0.1, 0.15) is 23.6 Å². The van der Waals surface area contributed by atoms with Crippen molar-refractivity contribution in [2.45, 2.75) is 26.4 Å². The molecule has 36 heavy (non-hydrogen) atoms. The number of fused-ring (bicyclic) bond motifs is 1. The third-order valence-electron chi connectivity index (χ3n) is 5.10. The monoisotopic (exact) mass is 536 g/mol. The van der Waals surface area contributed by atoms with Gasteiger partial charge in [0, 0.05) is 10.6 Å². The van der Waals surface area contributed by atoms with E-state index in [1.807, 2.05) is 19.1 Å². The van der Waals surface area contributed by atoms with Gasteiger partial charge in [-0.25, -0.2) is 0 Å². The molecule has 2 aromatic carbocycles. The van der Waals surface area contributed by atoms with Gasteiger partial charge in [-0.1, -0.05) is 24.6 Å². The minimum Gasteiger partial charge on any atom is -0.490 e. The lowest BCUT2D eigenvalue weighted by atomic mass is 10.1. The summed E-state index contributed by atoms with van der Waals surface area (Å²) in [5, 5.41) is 11.2. The molecule has 0 fully saturated rings. The third-order valence-corrected chi connectivity index (χ3v) is 6.29. The molecule has 0 radical (unpaired) electrons. The molecule has 0 saturated heterocycles. The van der Waals surface area contributed by atoms with Gasteiger partial charge in [-0.05, 0) is 72.6 Å². The quantitative estimate of drug-likeness (QED) is 0.354. The number of carbonyl (C=O) groups is 1. The van der Waals surface area contributed by atoms with Crippen LogP contribution in [0.15, 0.2) is 52.1 Å². The average molecular weight is 537 g/mol. The van der Waals surface area contributed by atoms with Crippen molar-refractivity contribution in [3.63, 3.8) is 0 Å². The van der Waals surface area contributed by atoms with Gasteiger partial charge in [0.1, 0.15) is 24.7 Å². The normalized spacial score (nSPS) is 16.7. The van der Waals surface area contributed by atoms with Gasteiger partial charge in [0.2, 0.25) is 10.2 Å². The van der Waals surface area contributed by atoms with Crippen molar-refractivity contribution < 1.29 is 27.4 Å². The number of benzene rings is 2. The molecule has 0 aliphatic carbocycles. The number of hydrogen-bond acceptors (Lipinski definition) is 6. The van der Waals surface area contributed by atoms with Crippen molar-refractivity contribution in [3.05, 3.63) is 63.7 Å². The predicted octanol–water partition coefficient (Wildman–Crippen LogP) is 5.85. The third kappa shape index (κ3) is 5.73. The number of hydrazone groups is 1. The Bertz CT molecular complexity index is 1320. The van der Waals surface area contributed by atoms with E-state index >= 15 is 0 Å². The minimum atomic E-state index is -4.72. The van der Waals surface area contributed by atoms with Crippen LogP contribution in [0.4, 0.5) is 13.2 Å². The first kappa shape index (κ1) is 25.8. The Kier molecular flexibility index (Phi) is 7.41. The molecule has 1 amide bonds. The lowest BCUT2D eigenvalue weighted by Gasteiger charge is -2.20. The molecule has 0 saturated carbocycles. The number of nitrogens with one attached hydrogen (secondary N) is 1. The van der Waals surface area contributed by atoms with E-state index in [9.17, 15) is 18.0 Å². The van der Waals surface area contributed by atoms with Gasteiger partial charge in [0.25, 0.3) is 5.91 Å². The van der Waals surface area contributed by atoms with E-state index in [4.69, 9.17) is 26.5 Å². The molecule has 188 valence electrons. The lowest BCUT2D eigenvalue weighted by Crippen LogP contribution is -2.35. The molecule has 2 aliphatic heterocycles. The van der Waals surface area contributed by atoms with Crippen molar-refractivity contribution in [2.24, 2.45) is 10.1 Å². The SMILES string of the molecule is CCc1cc(C)cc(OCCOc2ccc(Cl)cc2/C=C2\C(=N)N3N=C(C(F)(F)F)SC3=NC2=O)c1. The van der Waals surface area contributed by atoms with Crippen LogP contribution in [-0.4, -0.2) is 46.4 Å². The number of nitrogens with zero attached hydrogens (tertiary/aromatic N) is 3. The number of halogens is 4.